The third-order valence-corrected chi connectivity index (χ3v) is 4.19. The molecule has 1 atom stereocenters. The van der Waals surface area contributed by atoms with Crippen LogP contribution in [0.2, 0.25) is 0 Å². The molecule has 0 aliphatic heterocycles. The second-order valence-corrected chi connectivity index (χ2v) is 5.98. The van der Waals surface area contributed by atoms with Gasteiger partial charge in [-0.15, -0.1) is 0 Å². The van der Waals surface area contributed by atoms with Gasteiger partial charge in [-0.05, 0) is 41.5 Å². The molecule has 0 saturated carbocycles. The standard InChI is InChI=1S/C21H22N4O2/c1-27-19-5-3-2-4-18(19)20(24-14-16-6-10-22-11-7-16)21(26)25-15-17-8-12-23-13-9-17/h2-13,20,24H,14-15H2,1H3,(H,25,26). The van der Waals surface area contributed by atoms with Gasteiger partial charge in [-0.25, -0.2) is 0 Å². The van der Waals surface area contributed by atoms with E-state index < -0.39 is 6.04 Å². The predicted octanol–water partition coefficient (Wildman–Crippen LogP) is 2.63. The molecule has 1 aromatic carbocycles. The molecule has 0 radical (unpaired) electrons. The number of amides is 1. The Morgan fingerprint density at radius 3 is 2.15 bits per heavy atom. The topological polar surface area (TPSA) is 76.1 Å². The molecule has 2 aromatic heterocycles. The van der Waals surface area contributed by atoms with Gasteiger partial charge in [0, 0.05) is 43.4 Å². The zero-order valence-electron chi connectivity index (χ0n) is 15.1. The third kappa shape index (κ3) is 5.12. The van der Waals surface area contributed by atoms with E-state index in [9.17, 15) is 4.79 Å². The first-order valence-electron chi connectivity index (χ1n) is 8.69. The van der Waals surface area contributed by atoms with Crippen LogP contribution < -0.4 is 15.4 Å². The summed E-state index contributed by atoms with van der Waals surface area (Å²) >= 11 is 0. The lowest BCUT2D eigenvalue weighted by atomic mass is 10.0. The summed E-state index contributed by atoms with van der Waals surface area (Å²) in [6.45, 7) is 0.970. The van der Waals surface area contributed by atoms with Crippen molar-refractivity contribution in [3.63, 3.8) is 0 Å². The van der Waals surface area contributed by atoms with Crippen molar-refractivity contribution in [2.75, 3.05) is 7.11 Å². The van der Waals surface area contributed by atoms with Crippen LogP contribution in [0.5, 0.6) is 5.75 Å². The summed E-state index contributed by atoms with van der Waals surface area (Å²) in [7, 11) is 1.60. The molecule has 138 valence electrons. The Morgan fingerprint density at radius 1 is 0.926 bits per heavy atom. The van der Waals surface area contributed by atoms with Crippen LogP contribution in [0.1, 0.15) is 22.7 Å². The summed E-state index contributed by atoms with van der Waals surface area (Å²) in [6, 6.07) is 14.6. The number of hydrogen-bond donors (Lipinski definition) is 2. The van der Waals surface area contributed by atoms with E-state index >= 15 is 0 Å². The van der Waals surface area contributed by atoms with Crippen molar-refractivity contribution in [3.05, 3.63) is 90.0 Å². The highest BCUT2D eigenvalue weighted by atomic mass is 16.5. The number of benzene rings is 1. The Morgan fingerprint density at radius 2 is 1.52 bits per heavy atom. The Kier molecular flexibility index (Phi) is 6.49. The molecule has 0 saturated heterocycles. The Labute approximate surface area is 158 Å². The number of para-hydroxylation sites is 1. The molecule has 0 aliphatic carbocycles. The summed E-state index contributed by atoms with van der Waals surface area (Å²) in [5, 5.41) is 6.32. The summed E-state index contributed by atoms with van der Waals surface area (Å²) in [5.41, 5.74) is 2.83. The summed E-state index contributed by atoms with van der Waals surface area (Å²) in [5.74, 6) is 0.550. The average Bonchev–Trinajstić information content (AvgIpc) is 2.74. The molecular weight excluding hydrogens is 340 g/mol. The number of carbonyl (C=O) groups is 1. The SMILES string of the molecule is COc1ccccc1C(NCc1ccncc1)C(=O)NCc1ccncc1. The van der Waals surface area contributed by atoms with E-state index in [1.165, 1.54) is 0 Å². The van der Waals surface area contributed by atoms with E-state index in [4.69, 9.17) is 4.74 Å². The molecule has 0 aliphatic rings. The lowest BCUT2D eigenvalue weighted by molar-refractivity contribution is -0.123. The maximum absolute atomic E-state index is 12.9. The fourth-order valence-corrected chi connectivity index (χ4v) is 2.76. The van der Waals surface area contributed by atoms with E-state index in [2.05, 4.69) is 20.6 Å². The van der Waals surface area contributed by atoms with Crippen LogP contribution in [0, 0.1) is 0 Å². The number of pyridine rings is 2. The second kappa shape index (κ2) is 9.45. The van der Waals surface area contributed by atoms with Gasteiger partial charge in [-0.3, -0.25) is 20.1 Å². The van der Waals surface area contributed by atoms with Crippen molar-refractivity contribution in [3.8, 4) is 5.75 Å². The predicted molar refractivity (Wildman–Crippen MR) is 103 cm³/mol. The van der Waals surface area contributed by atoms with Crippen LogP contribution in [-0.4, -0.2) is 23.0 Å². The molecule has 0 spiro atoms. The van der Waals surface area contributed by atoms with Crippen LogP contribution in [0.25, 0.3) is 0 Å². The molecule has 3 rings (SSSR count). The van der Waals surface area contributed by atoms with Crippen molar-refractivity contribution in [2.24, 2.45) is 0 Å². The minimum atomic E-state index is -0.545. The summed E-state index contributed by atoms with van der Waals surface area (Å²) in [6.07, 6.45) is 6.89. The van der Waals surface area contributed by atoms with Crippen LogP contribution >= 0.6 is 0 Å². The molecule has 3 aromatic rings. The lowest BCUT2D eigenvalue weighted by Crippen LogP contribution is -2.37. The molecule has 6 heteroatoms. The Bertz CT molecular complexity index is 856. The number of methoxy groups -OCH3 is 1. The number of carbonyl (C=O) groups excluding carboxylic acids is 1. The summed E-state index contributed by atoms with van der Waals surface area (Å²) < 4.78 is 5.45. The van der Waals surface area contributed by atoms with E-state index in [0.29, 0.717) is 18.8 Å². The van der Waals surface area contributed by atoms with Crippen molar-refractivity contribution in [1.29, 1.82) is 0 Å². The van der Waals surface area contributed by atoms with Crippen LogP contribution in [-0.2, 0) is 17.9 Å². The van der Waals surface area contributed by atoms with Crippen molar-refractivity contribution < 1.29 is 9.53 Å². The van der Waals surface area contributed by atoms with Gasteiger partial charge in [-0.1, -0.05) is 18.2 Å². The fourth-order valence-electron chi connectivity index (χ4n) is 2.76. The smallest absolute Gasteiger partial charge is 0.242 e. The van der Waals surface area contributed by atoms with Gasteiger partial charge in [-0.2, -0.15) is 0 Å². The second-order valence-electron chi connectivity index (χ2n) is 5.98. The first-order chi connectivity index (χ1) is 13.3. The van der Waals surface area contributed by atoms with Crippen LogP contribution in [0.15, 0.2) is 73.3 Å². The zero-order chi connectivity index (χ0) is 18.9. The monoisotopic (exact) mass is 362 g/mol. The molecule has 2 N–H and O–H groups in total. The third-order valence-electron chi connectivity index (χ3n) is 4.19. The van der Waals surface area contributed by atoms with Crippen molar-refractivity contribution in [2.45, 2.75) is 19.1 Å². The molecular formula is C21H22N4O2. The molecule has 0 bridgehead atoms. The zero-order valence-corrected chi connectivity index (χ0v) is 15.1. The number of rotatable bonds is 8. The van der Waals surface area contributed by atoms with Crippen molar-refractivity contribution in [1.82, 2.24) is 20.6 Å². The minimum absolute atomic E-state index is 0.120. The first kappa shape index (κ1) is 18.5. The first-order valence-corrected chi connectivity index (χ1v) is 8.69. The number of hydrogen-bond acceptors (Lipinski definition) is 5. The number of nitrogens with zero attached hydrogens (tertiary/aromatic N) is 2. The molecule has 1 unspecified atom stereocenters. The van der Waals surface area contributed by atoms with Crippen LogP contribution in [0.4, 0.5) is 0 Å². The fraction of sp³-hybridized carbons (Fsp3) is 0.190. The van der Waals surface area contributed by atoms with Gasteiger partial charge in [0.15, 0.2) is 0 Å². The molecule has 6 nitrogen and oxygen atoms in total. The maximum Gasteiger partial charge on any atom is 0.242 e. The maximum atomic E-state index is 12.9. The molecule has 0 fully saturated rings. The summed E-state index contributed by atoms with van der Waals surface area (Å²) in [4.78, 5) is 21.0. The quantitative estimate of drug-likeness (QED) is 0.644. The van der Waals surface area contributed by atoms with E-state index in [1.807, 2.05) is 48.5 Å². The Hall–Kier alpha value is -3.25. The van der Waals surface area contributed by atoms with Gasteiger partial charge < -0.3 is 10.1 Å². The average molecular weight is 362 g/mol. The van der Waals surface area contributed by atoms with E-state index in [1.54, 1.807) is 31.9 Å². The van der Waals surface area contributed by atoms with E-state index in [-0.39, 0.29) is 5.91 Å². The highest BCUT2D eigenvalue weighted by Gasteiger charge is 2.23. The molecule has 27 heavy (non-hydrogen) atoms. The number of aromatic nitrogens is 2. The lowest BCUT2D eigenvalue weighted by Gasteiger charge is -2.21. The van der Waals surface area contributed by atoms with Crippen molar-refractivity contribution >= 4 is 5.91 Å². The highest BCUT2D eigenvalue weighted by Crippen LogP contribution is 2.25. The van der Waals surface area contributed by atoms with Gasteiger partial charge in [0.2, 0.25) is 5.91 Å². The van der Waals surface area contributed by atoms with E-state index in [0.717, 1.165) is 16.7 Å². The number of nitrogens with one attached hydrogen (secondary N) is 2. The highest BCUT2D eigenvalue weighted by molar-refractivity contribution is 5.84. The largest absolute Gasteiger partial charge is 0.496 e. The van der Waals surface area contributed by atoms with Gasteiger partial charge in [0.05, 0.1) is 7.11 Å². The number of ether oxygens (including phenoxy) is 1. The Balaban J connectivity index is 1.76. The van der Waals surface area contributed by atoms with Gasteiger partial charge in [0.25, 0.3) is 0 Å². The van der Waals surface area contributed by atoms with Gasteiger partial charge in [0.1, 0.15) is 11.8 Å². The molecule has 2 heterocycles. The van der Waals surface area contributed by atoms with Gasteiger partial charge >= 0.3 is 0 Å². The molecule has 1 amide bonds. The van der Waals surface area contributed by atoms with Crippen LogP contribution in [0.3, 0.4) is 0 Å². The normalized spacial score (nSPS) is 11.6. The minimum Gasteiger partial charge on any atom is -0.496 e.